The van der Waals surface area contributed by atoms with Gasteiger partial charge >= 0.3 is 0 Å². The van der Waals surface area contributed by atoms with Crippen LogP contribution in [-0.2, 0) is 4.79 Å². The zero-order chi connectivity index (χ0) is 10.7. The number of rotatable bonds is 2. The molecule has 3 heteroatoms. The minimum atomic E-state index is -0.108. The van der Waals surface area contributed by atoms with Crippen LogP contribution in [0.2, 0.25) is 0 Å². The molecule has 14 heavy (non-hydrogen) atoms. The highest BCUT2D eigenvalue weighted by Gasteiger charge is 2.03. The molecule has 0 atom stereocenters. The molecule has 0 bridgehead atoms. The van der Waals surface area contributed by atoms with Crippen molar-refractivity contribution in [2.45, 2.75) is 20.8 Å². The van der Waals surface area contributed by atoms with Crippen molar-refractivity contribution in [3.8, 4) is 0 Å². The number of carbonyl (C=O) groups excluding carboxylic acids is 2. The highest BCUT2D eigenvalue weighted by atomic mass is 16.1. The summed E-state index contributed by atoms with van der Waals surface area (Å²) in [6.45, 7) is 4.84. The molecule has 1 amide bonds. The number of Topliss-reactive ketones (excluding diaryl/α,β-unsaturated/α-hetero) is 1. The summed E-state index contributed by atoms with van der Waals surface area (Å²) in [6.07, 6.45) is 0. The fourth-order valence-electron chi connectivity index (χ4n) is 1.21. The van der Waals surface area contributed by atoms with E-state index in [1.54, 1.807) is 18.2 Å². The quantitative estimate of drug-likeness (QED) is 0.728. The second-order valence-electron chi connectivity index (χ2n) is 3.27. The highest BCUT2D eigenvalue weighted by Crippen LogP contribution is 2.16. The predicted molar refractivity (Wildman–Crippen MR) is 55.5 cm³/mol. The van der Waals surface area contributed by atoms with Crippen LogP contribution in [0.1, 0.15) is 29.8 Å². The number of hydrogen-bond acceptors (Lipinski definition) is 2. The van der Waals surface area contributed by atoms with Gasteiger partial charge in [-0.05, 0) is 37.6 Å². The fraction of sp³-hybridized carbons (Fsp3) is 0.273. The van der Waals surface area contributed by atoms with Crippen LogP contribution < -0.4 is 5.32 Å². The average Bonchev–Trinajstić information content (AvgIpc) is 2.07. The van der Waals surface area contributed by atoms with E-state index in [-0.39, 0.29) is 11.7 Å². The smallest absolute Gasteiger partial charge is 0.221 e. The lowest BCUT2D eigenvalue weighted by atomic mass is 10.1. The summed E-state index contributed by atoms with van der Waals surface area (Å²) in [6, 6.07) is 5.22. The summed E-state index contributed by atoms with van der Waals surface area (Å²) in [5, 5.41) is 2.69. The van der Waals surface area contributed by atoms with E-state index < -0.39 is 0 Å². The molecule has 0 aliphatic rings. The zero-order valence-corrected chi connectivity index (χ0v) is 8.55. The van der Waals surface area contributed by atoms with Crippen LogP contribution >= 0.6 is 0 Å². The van der Waals surface area contributed by atoms with Crippen molar-refractivity contribution >= 4 is 17.4 Å². The first kappa shape index (κ1) is 10.4. The molecule has 74 valence electrons. The summed E-state index contributed by atoms with van der Waals surface area (Å²) in [4.78, 5) is 21.8. The molecule has 0 fully saturated rings. The van der Waals surface area contributed by atoms with Gasteiger partial charge in [-0.2, -0.15) is 0 Å². The molecule has 3 nitrogen and oxygen atoms in total. The third kappa shape index (κ3) is 2.42. The summed E-state index contributed by atoms with van der Waals surface area (Å²) in [5.41, 5.74) is 2.31. The molecule has 0 unspecified atom stereocenters. The molecular formula is C11H13NO2. The Labute approximate surface area is 83.1 Å². The van der Waals surface area contributed by atoms with Gasteiger partial charge in [0.25, 0.3) is 0 Å². The maximum atomic E-state index is 11.0. The largest absolute Gasteiger partial charge is 0.326 e. The summed E-state index contributed by atoms with van der Waals surface area (Å²) >= 11 is 0. The van der Waals surface area contributed by atoms with E-state index in [1.807, 2.05) is 6.92 Å². The number of anilines is 1. The van der Waals surface area contributed by atoms with E-state index in [0.717, 1.165) is 11.3 Å². The number of amides is 1. The molecule has 1 aromatic rings. The molecule has 0 heterocycles. The first-order chi connectivity index (χ1) is 6.50. The van der Waals surface area contributed by atoms with Crippen molar-refractivity contribution in [2.75, 3.05) is 5.32 Å². The van der Waals surface area contributed by atoms with E-state index in [1.165, 1.54) is 13.8 Å². The first-order valence-electron chi connectivity index (χ1n) is 4.40. The van der Waals surface area contributed by atoms with Gasteiger partial charge in [0.15, 0.2) is 5.78 Å². The van der Waals surface area contributed by atoms with Crippen LogP contribution in [0.15, 0.2) is 18.2 Å². The van der Waals surface area contributed by atoms with Gasteiger partial charge in [-0.1, -0.05) is 0 Å². The van der Waals surface area contributed by atoms with Gasteiger partial charge in [0.2, 0.25) is 5.91 Å². The van der Waals surface area contributed by atoms with Crippen LogP contribution in [0.3, 0.4) is 0 Å². The number of ketones is 1. The van der Waals surface area contributed by atoms with Crippen molar-refractivity contribution in [2.24, 2.45) is 0 Å². The zero-order valence-electron chi connectivity index (χ0n) is 8.55. The topological polar surface area (TPSA) is 46.2 Å². The van der Waals surface area contributed by atoms with Crippen molar-refractivity contribution in [1.29, 1.82) is 0 Å². The second-order valence-corrected chi connectivity index (χ2v) is 3.27. The van der Waals surface area contributed by atoms with Crippen LogP contribution in [0.5, 0.6) is 0 Å². The van der Waals surface area contributed by atoms with Crippen molar-refractivity contribution in [1.82, 2.24) is 0 Å². The molecule has 0 saturated carbocycles. The van der Waals surface area contributed by atoms with Crippen LogP contribution in [0.25, 0.3) is 0 Å². The van der Waals surface area contributed by atoms with Gasteiger partial charge in [-0.15, -0.1) is 0 Å². The highest BCUT2D eigenvalue weighted by molar-refractivity contribution is 5.96. The molecule has 1 rings (SSSR count). The molecule has 1 aromatic carbocycles. The normalized spacial score (nSPS) is 9.64. The molecule has 0 radical (unpaired) electrons. The van der Waals surface area contributed by atoms with E-state index in [9.17, 15) is 9.59 Å². The second kappa shape index (κ2) is 4.05. The minimum absolute atomic E-state index is 0.0301. The molecule has 0 aliphatic carbocycles. The van der Waals surface area contributed by atoms with E-state index >= 15 is 0 Å². The number of carbonyl (C=O) groups is 2. The Hall–Kier alpha value is -1.64. The van der Waals surface area contributed by atoms with Crippen LogP contribution in [0.4, 0.5) is 5.69 Å². The van der Waals surface area contributed by atoms with E-state index in [0.29, 0.717) is 5.56 Å². The maximum absolute atomic E-state index is 11.0. The van der Waals surface area contributed by atoms with Gasteiger partial charge in [0.05, 0.1) is 0 Å². The SMILES string of the molecule is CC(=O)Nc1ccc(C(C)=O)cc1C. The number of aryl methyl sites for hydroxylation is 1. The van der Waals surface area contributed by atoms with Gasteiger partial charge < -0.3 is 5.32 Å². The molecule has 0 spiro atoms. The van der Waals surface area contributed by atoms with E-state index in [2.05, 4.69) is 5.32 Å². The molecule has 1 N–H and O–H groups in total. The Morgan fingerprint density at radius 3 is 2.29 bits per heavy atom. The molecule has 0 aromatic heterocycles. The number of hydrogen-bond donors (Lipinski definition) is 1. The van der Waals surface area contributed by atoms with Crippen molar-refractivity contribution in [3.05, 3.63) is 29.3 Å². The lowest BCUT2D eigenvalue weighted by molar-refractivity contribution is -0.114. The number of benzene rings is 1. The summed E-state index contributed by atoms with van der Waals surface area (Å²) in [5.74, 6) is -0.0776. The maximum Gasteiger partial charge on any atom is 0.221 e. The van der Waals surface area contributed by atoms with Crippen molar-refractivity contribution < 1.29 is 9.59 Å². The van der Waals surface area contributed by atoms with E-state index in [4.69, 9.17) is 0 Å². The lowest BCUT2D eigenvalue weighted by Crippen LogP contribution is -2.07. The number of nitrogens with one attached hydrogen (secondary N) is 1. The third-order valence-corrected chi connectivity index (χ3v) is 1.94. The monoisotopic (exact) mass is 191 g/mol. The van der Waals surface area contributed by atoms with Crippen molar-refractivity contribution in [3.63, 3.8) is 0 Å². The standard InChI is InChI=1S/C11H13NO2/c1-7-6-10(8(2)13)4-5-11(7)12-9(3)14/h4-6H,1-3H3,(H,12,14). The van der Waals surface area contributed by atoms with Crippen LogP contribution in [0, 0.1) is 6.92 Å². The summed E-state index contributed by atoms with van der Waals surface area (Å²) < 4.78 is 0. The summed E-state index contributed by atoms with van der Waals surface area (Å²) in [7, 11) is 0. The Morgan fingerprint density at radius 2 is 1.86 bits per heavy atom. The fourth-order valence-corrected chi connectivity index (χ4v) is 1.21. The molecule has 0 aliphatic heterocycles. The Kier molecular flexibility index (Phi) is 3.02. The third-order valence-electron chi connectivity index (χ3n) is 1.94. The Bertz CT molecular complexity index is 383. The van der Waals surface area contributed by atoms with Gasteiger partial charge in [0.1, 0.15) is 0 Å². The lowest BCUT2D eigenvalue weighted by Gasteiger charge is -2.06. The first-order valence-corrected chi connectivity index (χ1v) is 4.40. The Balaban J connectivity index is 3.01. The van der Waals surface area contributed by atoms with Gasteiger partial charge in [0, 0.05) is 18.2 Å². The average molecular weight is 191 g/mol. The molecular weight excluding hydrogens is 178 g/mol. The van der Waals surface area contributed by atoms with Crippen LogP contribution in [-0.4, -0.2) is 11.7 Å². The molecule has 0 saturated heterocycles. The predicted octanol–water partition coefficient (Wildman–Crippen LogP) is 2.16. The van der Waals surface area contributed by atoms with Gasteiger partial charge in [-0.3, -0.25) is 9.59 Å². The van der Waals surface area contributed by atoms with Gasteiger partial charge in [-0.25, -0.2) is 0 Å². The Morgan fingerprint density at radius 1 is 1.21 bits per heavy atom. The minimum Gasteiger partial charge on any atom is -0.326 e.